The highest BCUT2D eigenvalue weighted by Crippen LogP contribution is 2.26. The summed E-state index contributed by atoms with van der Waals surface area (Å²) in [6.07, 6.45) is 3.45. The fraction of sp³-hybridized carbons (Fsp3) is 0.281. The number of hydrogen-bond donors (Lipinski definition) is 4. The Balaban J connectivity index is 0.000000416. The number of imide groups is 1. The molecular weight excluding hydrogens is 724 g/mol. The third-order valence-electron chi connectivity index (χ3n) is 6.27. The first-order valence-corrected chi connectivity index (χ1v) is 15.5. The van der Waals surface area contributed by atoms with Crippen LogP contribution in [0.3, 0.4) is 0 Å². The summed E-state index contributed by atoms with van der Waals surface area (Å²) >= 11 is 21.9. The van der Waals surface area contributed by atoms with E-state index in [2.05, 4.69) is 44.4 Å². The van der Waals surface area contributed by atoms with Crippen LogP contribution in [0.5, 0.6) is 0 Å². The molecule has 6 N–H and O–H groups in total. The van der Waals surface area contributed by atoms with Gasteiger partial charge < -0.3 is 16.8 Å². The second-order valence-corrected chi connectivity index (χ2v) is 12.0. The van der Waals surface area contributed by atoms with Crippen molar-refractivity contribution in [2.75, 3.05) is 11.1 Å². The number of urea groups is 1. The van der Waals surface area contributed by atoms with Crippen molar-refractivity contribution in [1.29, 1.82) is 0 Å². The number of carbonyl (C=O) groups excluding carboxylic acids is 3. The molecule has 264 valence electrons. The van der Waals surface area contributed by atoms with E-state index in [1.165, 1.54) is 0 Å². The van der Waals surface area contributed by atoms with E-state index in [-0.39, 0.29) is 39.9 Å². The number of halogens is 6. The Morgan fingerprint density at radius 2 is 1.20 bits per heavy atom. The fourth-order valence-electron chi connectivity index (χ4n) is 3.77. The van der Waals surface area contributed by atoms with E-state index < -0.39 is 34.6 Å². The third-order valence-corrected chi connectivity index (χ3v) is 7.38. The molecule has 4 aromatic heterocycles. The van der Waals surface area contributed by atoms with E-state index in [1.54, 1.807) is 25.4 Å². The van der Waals surface area contributed by atoms with Gasteiger partial charge in [0.15, 0.2) is 21.9 Å². The first kappa shape index (κ1) is 42.9. The van der Waals surface area contributed by atoms with E-state index in [1.807, 2.05) is 26.8 Å². The SMILES string of the molecule is C.Cc1ccnc(C(C)C)c1N.Cc1ccnc(C(C)C)c1NC(=O)NC(=O)c1cc(F)c(Cl)nc1Cl.NC(=O)c1cc(F)c(Cl)nc1Cl. The third kappa shape index (κ3) is 12.0. The number of primary amides is 1. The van der Waals surface area contributed by atoms with Crippen molar-refractivity contribution in [2.24, 2.45) is 5.73 Å². The average molecular weight is 761 g/mol. The van der Waals surface area contributed by atoms with Gasteiger partial charge in [0.25, 0.3) is 11.8 Å². The normalized spacial score (nSPS) is 10.2. The van der Waals surface area contributed by atoms with Gasteiger partial charge in [-0.05, 0) is 61.1 Å². The average Bonchev–Trinajstić information content (AvgIpc) is 2.99. The molecule has 0 aliphatic heterocycles. The van der Waals surface area contributed by atoms with Crippen LogP contribution in [-0.2, 0) is 0 Å². The maximum absolute atomic E-state index is 13.5. The molecule has 17 heteroatoms. The van der Waals surface area contributed by atoms with Crippen molar-refractivity contribution < 1.29 is 23.2 Å². The summed E-state index contributed by atoms with van der Waals surface area (Å²) in [6.45, 7) is 11.9. The van der Waals surface area contributed by atoms with Crippen LogP contribution in [0.15, 0.2) is 36.7 Å². The number of nitrogens with one attached hydrogen (secondary N) is 2. The van der Waals surface area contributed by atoms with Crippen LogP contribution in [0, 0.1) is 25.5 Å². The summed E-state index contributed by atoms with van der Waals surface area (Å²) in [5.74, 6) is -3.01. The minimum atomic E-state index is -0.915. The van der Waals surface area contributed by atoms with Gasteiger partial charge in [0, 0.05) is 12.4 Å². The molecule has 4 amide bonds. The monoisotopic (exact) mass is 758 g/mol. The highest BCUT2D eigenvalue weighted by Gasteiger charge is 2.20. The van der Waals surface area contributed by atoms with Crippen LogP contribution in [0.25, 0.3) is 0 Å². The molecule has 0 fully saturated rings. The first-order chi connectivity index (χ1) is 22.3. The Labute approximate surface area is 303 Å². The molecule has 0 unspecified atom stereocenters. The lowest BCUT2D eigenvalue weighted by Crippen LogP contribution is -2.35. The molecule has 0 atom stereocenters. The second-order valence-electron chi connectivity index (χ2n) is 10.6. The van der Waals surface area contributed by atoms with Gasteiger partial charge >= 0.3 is 6.03 Å². The van der Waals surface area contributed by atoms with Crippen molar-refractivity contribution in [3.63, 3.8) is 0 Å². The van der Waals surface area contributed by atoms with E-state index in [0.29, 0.717) is 17.3 Å². The Hall–Kier alpha value is -4.17. The van der Waals surface area contributed by atoms with Crippen LogP contribution < -0.4 is 22.1 Å². The van der Waals surface area contributed by atoms with Gasteiger partial charge in [-0.15, -0.1) is 0 Å². The van der Waals surface area contributed by atoms with Crippen LogP contribution in [0.4, 0.5) is 25.0 Å². The van der Waals surface area contributed by atoms with E-state index in [0.717, 1.165) is 34.6 Å². The number of aromatic nitrogens is 4. The largest absolute Gasteiger partial charge is 0.397 e. The zero-order chi connectivity index (χ0) is 36.5. The van der Waals surface area contributed by atoms with Crippen molar-refractivity contribution in [3.8, 4) is 0 Å². The molecule has 11 nitrogen and oxygen atoms in total. The number of anilines is 2. The lowest BCUT2D eigenvalue weighted by atomic mass is 10.1. The lowest BCUT2D eigenvalue weighted by molar-refractivity contribution is 0.0964. The molecule has 4 heterocycles. The molecule has 0 radical (unpaired) electrons. The van der Waals surface area contributed by atoms with Crippen LogP contribution in [-0.4, -0.2) is 37.8 Å². The zero-order valence-corrected chi connectivity index (χ0v) is 29.6. The summed E-state index contributed by atoms with van der Waals surface area (Å²) in [5.41, 5.74) is 15.1. The number of nitrogen functional groups attached to an aromatic ring is 1. The Bertz CT molecular complexity index is 1830. The van der Waals surface area contributed by atoms with Gasteiger partial charge in [0.1, 0.15) is 10.3 Å². The molecule has 4 rings (SSSR count). The number of rotatable bonds is 5. The maximum Gasteiger partial charge on any atom is 0.326 e. The fourth-order valence-corrected chi connectivity index (χ4v) is 4.59. The Morgan fingerprint density at radius 1 is 0.755 bits per heavy atom. The van der Waals surface area contributed by atoms with E-state index >= 15 is 0 Å². The molecule has 0 aromatic carbocycles. The van der Waals surface area contributed by atoms with Gasteiger partial charge in [-0.1, -0.05) is 81.5 Å². The molecule has 0 saturated carbocycles. The van der Waals surface area contributed by atoms with E-state index in [9.17, 15) is 23.2 Å². The Morgan fingerprint density at radius 3 is 1.67 bits per heavy atom. The second kappa shape index (κ2) is 19.1. The van der Waals surface area contributed by atoms with Gasteiger partial charge in [-0.2, -0.15) is 0 Å². The van der Waals surface area contributed by atoms with Crippen molar-refractivity contribution >= 4 is 75.6 Å². The predicted molar refractivity (Wildman–Crippen MR) is 191 cm³/mol. The number of aryl methyl sites for hydroxylation is 2. The highest BCUT2D eigenvalue weighted by molar-refractivity contribution is 6.35. The minimum absolute atomic E-state index is 0. The molecule has 0 saturated heterocycles. The van der Waals surface area contributed by atoms with Gasteiger partial charge in [-0.3, -0.25) is 24.9 Å². The van der Waals surface area contributed by atoms with Crippen LogP contribution in [0.1, 0.15) is 90.2 Å². The molecule has 0 bridgehead atoms. The lowest BCUT2D eigenvalue weighted by Gasteiger charge is -2.15. The maximum atomic E-state index is 13.5. The Kier molecular flexibility index (Phi) is 16.7. The highest BCUT2D eigenvalue weighted by atomic mass is 35.5. The molecule has 0 spiro atoms. The number of nitrogens with two attached hydrogens (primary N) is 2. The van der Waals surface area contributed by atoms with Crippen molar-refractivity contribution in [1.82, 2.24) is 25.3 Å². The summed E-state index contributed by atoms with van der Waals surface area (Å²) in [7, 11) is 0. The molecule has 49 heavy (non-hydrogen) atoms. The molecule has 0 aliphatic carbocycles. The zero-order valence-electron chi connectivity index (χ0n) is 26.6. The summed E-state index contributed by atoms with van der Waals surface area (Å²) in [4.78, 5) is 50.1. The van der Waals surface area contributed by atoms with Crippen molar-refractivity contribution in [3.05, 3.63) is 103 Å². The standard InChI is InChI=1S/C16H15Cl2FN4O2.C9H14N2.C6H3Cl2FN2O.CH4/c1-7(2)11-12(8(3)4-5-20-11)21-16(25)23-15(24)9-6-10(19)14(18)22-13(9)17;1-6(2)9-8(10)7(3)4-5-11-9;7-4-2(6(10)12)1-3(9)5(8)11-4;/h4-7H,1-3H3,(H2,21,23,24,25);4-6H,10H2,1-3H3;1H,(H2,10,12);1H4. The van der Waals surface area contributed by atoms with Crippen LogP contribution >= 0.6 is 46.4 Å². The number of nitrogens with zero attached hydrogens (tertiary/aromatic N) is 4. The summed E-state index contributed by atoms with van der Waals surface area (Å²) in [5, 5.41) is 3.31. The number of hydrogen-bond acceptors (Lipinski definition) is 8. The number of amides is 4. The van der Waals surface area contributed by atoms with E-state index in [4.69, 9.17) is 57.9 Å². The predicted octanol–water partition coefficient (Wildman–Crippen LogP) is 8.67. The topological polar surface area (TPSA) is 179 Å². The van der Waals surface area contributed by atoms with Gasteiger partial charge in [0.2, 0.25) is 0 Å². The smallest absolute Gasteiger partial charge is 0.326 e. The molecular formula is C32H36Cl4F2N8O3. The summed E-state index contributed by atoms with van der Waals surface area (Å²) < 4.78 is 26.1. The van der Waals surface area contributed by atoms with Crippen LogP contribution in [0.2, 0.25) is 20.6 Å². The molecule has 0 aliphatic rings. The van der Waals surface area contributed by atoms with Crippen molar-refractivity contribution in [2.45, 2.75) is 60.8 Å². The first-order valence-electron chi connectivity index (χ1n) is 14.0. The quantitative estimate of drug-likeness (QED) is 0.146. The number of carbonyl (C=O) groups is 3. The van der Waals surface area contributed by atoms with Gasteiger partial charge in [0.05, 0.1) is 33.9 Å². The number of pyridine rings is 4. The minimum Gasteiger partial charge on any atom is -0.397 e. The van der Waals surface area contributed by atoms with Gasteiger partial charge in [-0.25, -0.2) is 23.5 Å². The molecule has 4 aromatic rings. The summed E-state index contributed by atoms with van der Waals surface area (Å²) in [6, 6.07) is 4.53.